The summed E-state index contributed by atoms with van der Waals surface area (Å²) in [6.07, 6.45) is 0.729. The Morgan fingerprint density at radius 1 is 1.05 bits per heavy atom. The molecule has 1 amide bonds. The van der Waals surface area contributed by atoms with Crippen molar-refractivity contribution in [2.75, 3.05) is 5.32 Å². The molecule has 0 aliphatic carbocycles. The fourth-order valence-corrected chi connectivity index (χ4v) is 1.37. The molecule has 19 heavy (non-hydrogen) atoms. The SMILES string of the molecule is CCC[C@H](N)C(=O)Nc1c(F)c(F)c(F)c(F)c1F. The molecule has 0 saturated heterocycles. The molecular formula is C11H11F5N2O. The predicted octanol–water partition coefficient (Wildman–Crippen LogP) is 2.45. The molecule has 0 aliphatic rings. The quantitative estimate of drug-likeness (QED) is 0.506. The minimum Gasteiger partial charge on any atom is -0.320 e. The summed E-state index contributed by atoms with van der Waals surface area (Å²) in [5, 5.41) is 1.61. The van der Waals surface area contributed by atoms with Crippen LogP contribution in [0.4, 0.5) is 27.6 Å². The van der Waals surface area contributed by atoms with E-state index in [9.17, 15) is 26.7 Å². The molecule has 1 aromatic carbocycles. The zero-order valence-corrected chi connectivity index (χ0v) is 9.87. The third-order valence-electron chi connectivity index (χ3n) is 2.39. The number of carbonyl (C=O) groups is 1. The average Bonchev–Trinajstić information content (AvgIpc) is 2.39. The van der Waals surface area contributed by atoms with Gasteiger partial charge in [-0.3, -0.25) is 4.79 Å². The zero-order chi connectivity index (χ0) is 14.7. The lowest BCUT2D eigenvalue weighted by molar-refractivity contribution is -0.117. The molecular weight excluding hydrogens is 271 g/mol. The maximum atomic E-state index is 13.2. The molecule has 0 radical (unpaired) electrons. The maximum absolute atomic E-state index is 13.2. The lowest BCUT2D eigenvalue weighted by Gasteiger charge is -2.13. The van der Waals surface area contributed by atoms with Gasteiger partial charge in [0.2, 0.25) is 11.7 Å². The number of amides is 1. The highest BCUT2D eigenvalue weighted by Crippen LogP contribution is 2.27. The molecule has 0 unspecified atom stereocenters. The van der Waals surface area contributed by atoms with Crippen molar-refractivity contribution >= 4 is 11.6 Å². The van der Waals surface area contributed by atoms with Gasteiger partial charge in [-0.25, -0.2) is 22.0 Å². The average molecular weight is 282 g/mol. The van der Waals surface area contributed by atoms with Gasteiger partial charge >= 0.3 is 0 Å². The summed E-state index contributed by atoms with van der Waals surface area (Å²) in [6, 6.07) is -1.10. The Bertz CT molecular complexity index is 477. The maximum Gasteiger partial charge on any atom is 0.241 e. The predicted molar refractivity (Wildman–Crippen MR) is 57.7 cm³/mol. The van der Waals surface area contributed by atoms with Crippen molar-refractivity contribution in [2.45, 2.75) is 25.8 Å². The molecule has 1 aromatic rings. The van der Waals surface area contributed by atoms with Crippen LogP contribution in [-0.2, 0) is 4.79 Å². The first-order valence-corrected chi connectivity index (χ1v) is 5.39. The van der Waals surface area contributed by atoms with Crippen LogP contribution in [0.2, 0.25) is 0 Å². The van der Waals surface area contributed by atoms with Gasteiger partial charge in [-0.15, -0.1) is 0 Å². The molecule has 3 nitrogen and oxygen atoms in total. The molecule has 0 fully saturated rings. The number of rotatable bonds is 4. The van der Waals surface area contributed by atoms with E-state index in [1.165, 1.54) is 0 Å². The van der Waals surface area contributed by atoms with Crippen LogP contribution in [0.1, 0.15) is 19.8 Å². The standard InChI is InChI=1S/C11H11F5N2O/c1-2-3-4(17)11(19)18-10-8(15)6(13)5(12)7(14)9(10)16/h4H,2-3,17H2,1H3,(H,18,19)/t4-/m0/s1. The van der Waals surface area contributed by atoms with E-state index in [-0.39, 0.29) is 6.42 Å². The van der Waals surface area contributed by atoms with Gasteiger partial charge in [0, 0.05) is 0 Å². The third-order valence-corrected chi connectivity index (χ3v) is 2.39. The highest BCUT2D eigenvalue weighted by atomic mass is 19.2. The first-order valence-electron chi connectivity index (χ1n) is 5.39. The van der Waals surface area contributed by atoms with Crippen LogP contribution in [0, 0.1) is 29.1 Å². The van der Waals surface area contributed by atoms with E-state index in [0.717, 1.165) is 0 Å². The van der Waals surface area contributed by atoms with Gasteiger partial charge < -0.3 is 11.1 Å². The molecule has 1 rings (SSSR count). The van der Waals surface area contributed by atoms with E-state index in [1.54, 1.807) is 12.2 Å². The molecule has 0 aliphatic heterocycles. The van der Waals surface area contributed by atoms with E-state index >= 15 is 0 Å². The zero-order valence-electron chi connectivity index (χ0n) is 9.87. The topological polar surface area (TPSA) is 55.1 Å². The van der Waals surface area contributed by atoms with Crippen LogP contribution < -0.4 is 11.1 Å². The van der Waals surface area contributed by atoms with Crippen molar-refractivity contribution in [2.24, 2.45) is 5.73 Å². The molecule has 0 aromatic heterocycles. The van der Waals surface area contributed by atoms with Gasteiger partial charge in [-0.05, 0) is 6.42 Å². The van der Waals surface area contributed by atoms with Crippen LogP contribution in [0.5, 0.6) is 0 Å². The summed E-state index contributed by atoms with van der Waals surface area (Å²) in [5.41, 5.74) is 3.97. The summed E-state index contributed by atoms with van der Waals surface area (Å²) >= 11 is 0. The minimum atomic E-state index is -2.29. The van der Waals surface area contributed by atoms with Gasteiger partial charge in [0.25, 0.3) is 0 Å². The fraction of sp³-hybridized carbons (Fsp3) is 0.364. The Balaban J connectivity index is 3.12. The Kier molecular flexibility index (Phi) is 4.82. The second-order valence-corrected chi connectivity index (χ2v) is 3.83. The van der Waals surface area contributed by atoms with Crippen molar-refractivity contribution in [1.29, 1.82) is 0 Å². The highest BCUT2D eigenvalue weighted by Gasteiger charge is 2.27. The molecule has 8 heteroatoms. The smallest absolute Gasteiger partial charge is 0.241 e. The molecule has 0 spiro atoms. The molecule has 106 valence electrons. The van der Waals surface area contributed by atoms with Crippen LogP contribution in [0.15, 0.2) is 0 Å². The summed E-state index contributed by atoms with van der Waals surface area (Å²) in [7, 11) is 0. The number of nitrogens with one attached hydrogen (secondary N) is 1. The first kappa shape index (κ1) is 15.4. The fourth-order valence-electron chi connectivity index (χ4n) is 1.37. The van der Waals surface area contributed by atoms with Crippen molar-refractivity contribution in [1.82, 2.24) is 0 Å². The van der Waals surface area contributed by atoms with Crippen molar-refractivity contribution in [3.63, 3.8) is 0 Å². The number of halogens is 5. The van der Waals surface area contributed by atoms with Crippen molar-refractivity contribution in [3.05, 3.63) is 29.1 Å². The van der Waals surface area contributed by atoms with Gasteiger partial charge in [-0.2, -0.15) is 0 Å². The van der Waals surface area contributed by atoms with Crippen LogP contribution in [0.3, 0.4) is 0 Å². The molecule has 1 atom stereocenters. The number of hydrogen-bond acceptors (Lipinski definition) is 2. The third kappa shape index (κ3) is 3.01. The monoisotopic (exact) mass is 282 g/mol. The van der Waals surface area contributed by atoms with Gasteiger partial charge in [-0.1, -0.05) is 13.3 Å². The Labute approximate surface area is 105 Å². The Morgan fingerprint density at radius 2 is 1.47 bits per heavy atom. The molecule has 0 bridgehead atoms. The largest absolute Gasteiger partial charge is 0.320 e. The van der Waals surface area contributed by atoms with Crippen molar-refractivity contribution < 1.29 is 26.7 Å². The van der Waals surface area contributed by atoms with E-state index in [2.05, 4.69) is 0 Å². The minimum absolute atomic E-state index is 0.210. The van der Waals surface area contributed by atoms with Crippen LogP contribution in [0.25, 0.3) is 0 Å². The van der Waals surface area contributed by atoms with Crippen molar-refractivity contribution in [3.8, 4) is 0 Å². The molecule has 0 saturated carbocycles. The molecule has 0 heterocycles. The summed E-state index contributed by atoms with van der Waals surface area (Å²) in [4.78, 5) is 11.4. The number of nitrogens with two attached hydrogens (primary N) is 1. The summed E-state index contributed by atoms with van der Waals surface area (Å²) in [5.74, 6) is -11.8. The summed E-state index contributed by atoms with van der Waals surface area (Å²) < 4.78 is 64.9. The van der Waals surface area contributed by atoms with Gasteiger partial charge in [0.05, 0.1) is 6.04 Å². The Hall–Kier alpha value is -1.70. The van der Waals surface area contributed by atoms with Crippen LogP contribution in [-0.4, -0.2) is 11.9 Å². The second kappa shape index (κ2) is 5.96. The summed E-state index contributed by atoms with van der Waals surface area (Å²) in [6.45, 7) is 1.71. The Morgan fingerprint density at radius 3 is 1.89 bits per heavy atom. The van der Waals surface area contributed by atoms with E-state index in [1.807, 2.05) is 0 Å². The number of benzene rings is 1. The number of hydrogen-bond donors (Lipinski definition) is 2. The lowest BCUT2D eigenvalue weighted by Crippen LogP contribution is -2.36. The van der Waals surface area contributed by atoms with E-state index in [4.69, 9.17) is 5.73 Å². The van der Waals surface area contributed by atoms with Crippen LogP contribution >= 0.6 is 0 Å². The van der Waals surface area contributed by atoms with E-state index in [0.29, 0.717) is 6.42 Å². The number of anilines is 1. The number of carbonyl (C=O) groups excluding carboxylic acids is 1. The highest BCUT2D eigenvalue weighted by molar-refractivity contribution is 5.94. The lowest BCUT2D eigenvalue weighted by atomic mass is 10.1. The van der Waals surface area contributed by atoms with E-state index < -0.39 is 46.7 Å². The molecule has 3 N–H and O–H groups in total. The first-order chi connectivity index (χ1) is 8.81. The second-order valence-electron chi connectivity index (χ2n) is 3.83. The normalized spacial score (nSPS) is 12.4. The van der Waals surface area contributed by atoms with Gasteiger partial charge in [0.1, 0.15) is 5.69 Å². The van der Waals surface area contributed by atoms with Gasteiger partial charge in [0.15, 0.2) is 23.3 Å².